The van der Waals surface area contributed by atoms with Crippen LogP contribution in [0.1, 0.15) is 36.8 Å². The number of pyridine rings is 1. The first kappa shape index (κ1) is 19.4. The number of aromatic nitrogens is 4. The van der Waals surface area contributed by atoms with E-state index in [4.69, 9.17) is 5.10 Å². The van der Waals surface area contributed by atoms with Crippen LogP contribution in [0.2, 0.25) is 0 Å². The number of nitrogens with zero attached hydrogens (tertiary/aromatic N) is 6. The van der Waals surface area contributed by atoms with E-state index in [-0.39, 0.29) is 5.91 Å². The van der Waals surface area contributed by atoms with Crippen molar-refractivity contribution < 1.29 is 4.79 Å². The van der Waals surface area contributed by atoms with Crippen LogP contribution in [0.15, 0.2) is 42.9 Å². The molecule has 29 heavy (non-hydrogen) atoms. The summed E-state index contributed by atoms with van der Waals surface area (Å²) in [7, 11) is 3.61. The van der Waals surface area contributed by atoms with Crippen LogP contribution < -0.4 is 0 Å². The lowest BCUT2D eigenvalue weighted by molar-refractivity contribution is -0.130. The second kappa shape index (κ2) is 7.83. The first-order chi connectivity index (χ1) is 13.9. The van der Waals surface area contributed by atoms with Gasteiger partial charge in [0.25, 0.3) is 0 Å². The number of rotatable bonds is 5. The van der Waals surface area contributed by atoms with Crippen LogP contribution in [0.25, 0.3) is 11.3 Å². The maximum atomic E-state index is 12.4. The Balaban J connectivity index is 1.72. The molecule has 0 saturated heterocycles. The van der Waals surface area contributed by atoms with Crippen molar-refractivity contribution in [2.45, 2.75) is 39.5 Å². The van der Waals surface area contributed by atoms with Gasteiger partial charge < -0.3 is 9.47 Å². The summed E-state index contributed by atoms with van der Waals surface area (Å²) in [4.78, 5) is 20.7. The van der Waals surface area contributed by atoms with E-state index in [9.17, 15) is 4.79 Å². The highest BCUT2D eigenvalue weighted by atomic mass is 16.2. The molecule has 0 spiro atoms. The lowest BCUT2D eigenvalue weighted by atomic mass is 10.1. The Hall–Kier alpha value is -2.93. The summed E-state index contributed by atoms with van der Waals surface area (Å²) in [6.07, 6.45) is 6.03. The number of fused-ring (bicyclic) bond motifs is 3. The summed E-state index contributed by atoms with van der Waals surface area (Å²) in [6, 6.07) is 8.43. The molecule has 1 aliphatic rings. The summed E-state index contributed by atoms with van der Waals surface area (Å²) in [5.41, 5.74) is 5.51. The van der Waals surface area contributed by atoms with E-state index >= 15 is 0 Å². The highest BCUT2D eigenvalue weighted by molar-refractivity contribution is 5.78. The smallest absolute Gasteiger partial charge is 0.236 e. The van der Waals surface area contributed by atoms with E-state index in [1.807, 2.05) is 22.9 Å². The molecule has 0 fully saturated rings. The minimum atomic E-state index is 0.110. The topological polar surface area (TPSA) is 59.2 Å². The largest absolute Gasteiger partial charge is 0.348 e. The van der Waals surface area contributed by atoms with Crippen molar-refractivity contribution >= 4 is 5.91 Å². The van der Waals surface area contributed by atoms with Crippen LogP contribution in [-0.2, 0) is 24.4 Å². The van der Waals surface area contributed by atoms with Gasteiger partial charge in [0.2, 0.25) is 5.91 Å². The monoisotopic (exact) mass is 392 g/mol. The quantitative estimate of drug-likeness (QED) is 0.670. The first-order valence-electron chi connectivity index (χ1n) is 10.0. The maximum absolute atomic E-state index is 12.4. The fourth-order valence-electron chi connectivity index (χ4n) is 3.84. The summed E-state index contributed by atoms with van der Waals surface area (Å²) < 4.78 is 4.25. The molecule has 1 aliphatic heterocycles. The standard InChI is InChI=1S/C22H28N6O/c1-16(2)28-10-8-19-20(28)14-26(15-21(29)25(3)4)11-17-12-27(24-22(17)19)13-18-7-5-6-9-23-18/h5-10,12,16H,11,13-15H2,1-4H3. The predicted molar refractivity (Wildman–Crippen MR) is 112 cm³/mol. The molecule has 0 saturated carbocycles. The SMILES string of the molecule is CC(C)n1ccc2c1CN(CC(=O)N(C)C)Cc1cn(Cc3ccccn3)nc1-2. The van der Waals surface area contributed by atoms with Crippen molar-refractivity contribution in [3.05, 3.63) is 59.8 Å². The molecule has 7 nitrogen and oxygen atoms in total. The molecule has 0 bridgehead atoms. The van der Waals surface area contributed by atoms with Gasteiger partial charge in [-0.1, -0.05) is 6.07 Å². The van der Waals surface area contributed by atoms with Crippen molar-refractivity contribution in [3.63, 3.8) is 0 Å². The van der Waals surface area contributed by atoms with Crippen molar-refractivity contribution in [3.8, 4) is 11.3 Å². The Bertz CT molecular complexity index is 1000. The van der Waals surface area contributed by atoms with Crippen molar-refractivity contribution in [2.75, 3.05) is 20.6 Å². The van der Waals surface area contributed by atoms with Gasteiger partial charge in [-0.2, -0.15) is 5.10 Å². The summed E-state index contributed by atoms with van der Waals surface area (Å²) >= 11 is 0. The maximum Gasteiger partial charge on any atom is 0.236 e. The van der Waals surface area contributed by atoms with Gasteiger partial charge in [-0.05, 0) is 32.0 Å². The third kappa shape index (κ3) is 3.96. The van der Waals surface area contributed by atoms with E-state index in [1.165, 1.54) is 5.69 Å². The molecular weight excluding hydrogens is 364 g/mol. The van der Waals surface area contributed by atoms with Gasteiger partial charge in [-0.15, -0.1) is 0 Å². The van der Waals surface area contributed by atoms with Crippen LogP contribution in [0.4, 0.5) is 0 Å². The van der Waals surface area contributed by atoms with Crippen LogP contribution >= 0.6 is 0 Å². The molecule has 0 aliphatic carbocycles. The average Bonchev–Trinajstić information content (AvgIpc) is 3.23. The van der Waals surface area contributed by atoms with Crippen LogP contribution in [0.3, 0.4) is 0 Å². The minimum Gasteiger partial charge on any atom is -0.348 e. The molecule has 3 aromatic heterocycles. The van der Waals surface area contributed by atoms with E-state index in [2.05, 4.69) is 46.8 Å². The fourth-order valence-corrected chi connectivity index (χ4v) is 3.84. The van der Waals surface area contributed by atoms with Gasteiger partial charge >= 0.3 is 0 Å². The van der Waals surface area contributed by atoms with E-state index in [0.29, 0.717) is 25.7 Å². The third-order valence-corrected chi connectivity index (χ3v) is 5.35. The predicted octanol–water partition coefficient (Wildman–Crippen LogP) is 2.78. The summed E-state index contributed by atoms with van der Waals surface area (Å²) in [5.74, 6) is 0.110. The first-order valence-corrected chi connectivity index (χ1v) is 10.0. The number of carbonyl (C=O) groups is 1. The molecule has 152 valence electrons. The van der Waals surface area contributed by atoms with Crippen molar-refractivity contribution in [1.82, 2.24) is 29.1 Å². The zero-order valence-corrected chi connectivity index (χ0v) is 17.5. The molecule has 0 N–H and O–H groups in total. The zero-order chi connectivity index (χ0) is 20.5. The van der Waals surface area contributed by atoms with E-state index in [1.54, 1.807) is 25.2 Å². The normalized spacial score (nSPS) is 13.8. The number of hydrogen-bond acceptors (Lipinski definition) is 4. The van der Waals surface area contributed by atoms with Gasteiger partial charge in [-0.25, -0.2) is 0 Å². The molecule has 0 radical (unpaired) electrons. The molecule has 4 rings (SSSR count). The van der Waals surface area contributed by atoms with Crippen molar-refractivity contribution in [2.24, 2.45) is 0 Å². The van der Waals surface area contributed by atoms with Crippen molar-refractivity contribution in [1.29, 1.82) is 0 Å². The third-order valence-electron chi connectivity index (χ3n) is 5.35. The Morgan fingerprint density at radius 1 is 1.21 bits per heavy atom. The fraction of sp³-hybridized carbons (Fsp3) is 0.409. The zero-order valence-electron chi connectivity index (χ0n) is 17.5. The lowest BCUT2D eigenvalue weighted by Crippen LogP contribution is -2.36. The van der Waals surface area contributed by atoms with Crippen LogP contribution in [0.5, 0.6) is 0 Å². The Morgan fingerprint density at radius 3 is 2.72 bits per heavy atom. The van der Waals surface area contributed by atoms with E-state index in [0.717, 1.165) is 29.1 Å². The van der Waals surface area contributed by atoms with Gasteiger partial charge in [0.1, 0.15) is 0 Å². The van der Waals surface area contributed by atoms with Gasteiger partial charge in [0.15, 0.2) is 0 Å². The van der Waals surface area contributed by atoms with Gasteiger partial charge in [-0.3, -0.25) is 19.4 Å². The highest BCUT2D eigenvalue weighted by Crippen LogP contribution is 2.33. The number of amides is 1. The number of likely N-dealkylation sites (N-methyl/N-ethyl adjacent to an activating group) is 1. The van der Waals surface area contributed by atoms with Gasteiger partial charge in [0.05, 0.1) is 24.5 Å². The second-order valence-corrected chi connectivity index (χ2v) is 8.13. The molecule has 4 heterocycles. The Kier molecular flexibility index (Phi) is 5.24. The molecule has 0 atom stereocenters. The lowest BCUT2D eigenvalue weighted by Gasteiger charge is -2.23. The molecule has 3 aromatic rings. The number of hydrogen-bond donors (Lipinski definition) is 0. The summed E-state index contributed by atoms with van der Waals surface area (Å²) in [6.45, 7) is 6.81. The van der Waals surface area contributed by atoms with E-state index < -0.39 is 0 Å². The molecular formula is C22H28N6O. The molecule has 0 aromatic carbocycles. The minimum absolute atomic E-state index is 0.110. The summed E-state index contributed by atoms with van der Waals surface area (Å²) in [5, 5.41) is 4.91. The van der Waals surface area contributed by atoms with Crippen LogP contribution in [0, 0.1) is 0 Å². The Morgan fingerprint density at radius 2 is 2.03 bits per heavy atom. The molecule has 0 unspecified atom stereocenters. The van der Waals surface area contributed by atoms with Crippen LogP contribution in [-0.4, -0.2) is 55.7 Å². The second-order valence-electron chi connectivity index (χ2n) is 8.13. The molecule has 7 heteroatoms. The Labute approximate surface area is 171 Å². The van der Waals surface area contributed by atoms with Gasteiger partial charge in [0, 0.05) is 68.6 Å². The highest BCUT2D eigenvalue weighted by Gasteiger charge is 2.27. The average molecular weight is 393 g/mol. The molecule has 1 amide bonds. The number of carbonyl (C=O) groups excluding carboxylic acids is 1.